The summed E-state index contributed by atoms with van der Waals surface area (Å²) in [5.41, 5.74) is -0.0703. The van der Waals surface area contributed by atoms with Crippen LogP contribution in [0.15, 0.2) is 36.5 Å². The van der Waals surface area contributed by atoms with Crippen molar-refractivity contribution in [3.63, 3.8) is 0 Å². The van der Waals surface area contributed by atoms with E-state index in [4.69, 9.17) is 11.6 Å². The third-order valence-electron chi connectivity index (χ3n) is 5.52. The molecule has 31 heavy (non-hydrogen) atoms. The van der Waals surface area contributed by atoms with Crippen LogP contribution in [0.2, 0.25) is 5.02 Å². The van der Waals surface area contributed by atoms with Crippen molar-refractivity contribution >= 4 is 29.0 Å². The molecule has 0 unspecified atom stereocenters. The minimum atomic E-state index is -4.52. The first-order valence-electron chi connectivity index (χ1n) is 10.2. The Morgan fingerprint density at radius 3 is 2.45 bits per heavy atom. The summed E-state index contributed by atoms with van der Waals surface area (Å²) in [5, 5.41) is 6.25. The quantitative estimate of drug-likeness (QED) is 0.628. The molecule has 1 aromatic carbocycles. The molecule has 1 fully saturated rings. The summed E-state index contributed by atoms with van der Waals surface area (Å²) in [7, 11) is 3.88. The van der Waals surface area contributed by atoms with Gasteiger partial charge in [-0.25, -0.2) is 4.98 Å². The van der Waals surface area contributed by atoms with Gasteiger partial charge in [0.1, 0.15) is 5.82 Å². The fourth-order valence-corrected chi connectivity index (χ4v) is 3.87. The zero-order chi connectivity index (χ0) is 22.6. The zero-order valence-electron chi connectivity index (χ0n) is 17.5. The normalized spacial score (nSPS) is 19.0. The first-order valence-corrected chi connectivity index (χ1v) is 10.6. The van der Waals surface area contributed by atoms with E-state index < -0.39 is 17.6 Å². The predicted octanol–water partition coefficient (Wildman–Crippen LogP) is 5.22. The molecule has 2 N–H and O–H groups in total. The van der Waals surface area contributed by atoms with Crippen LogP contribution in [0.5, 0.6) is 0 Å². The fourth-order valence-electron chi connectivity index (χ4n) is 3.67. The van der Waals surface area contributed by atoms with Crippen molar-refractivity contribution in [1.29, 1.82) is 0 Å². The Morgan fingerprint density at radius 1 is 1.16 bits per heavy atom. The van der Waals surface area contributed by atoms with Crippen LogP contribution in [0.1, 0.15) is 41.6 Å². The summed E-state index contributed by atoms with van der Waals surface area (Å²) in [6, 6.07) is 6.67. The van der Waals surface area contributed by atoms with Gasteiger partial charge in [0.2, 0.25) is 0 Å². The molecule has 2 aromatic rings. The molecule has 0 saturated heterocycles. The van der Waals surface area contributed by atoms with Crippen LogP contribution < -0.4 is 15.5 Å². The average Bonchev–Trinajstić information content (AvgIpc) is 2.73. The molecule has 0 spiro atoms. The maximum Gasteiger partial charge on any atom is 0.416 e. The van der Waals surface area contributed by atoms with E-state index in [9.17, 15) is 18.0 Å². The Kier molecular flexibility index (Phi) is 7.30. The monoisotopic (exact) mass is 454 g/mol. The first-order chi connectivity index (χ1) is 14.6. The number of amides is 1. The van der Waals surface area contributed by atoms with Crippen molar-refractivity contribution in [3.05, 3.63) is 52.7 Å². The molecule has 1 aliphatic carbocycles. The van der Waals surface area contributed by atoms with Gasteiger partial charge in [0.05, 0.1) is 28.0 Å². The predicted molar refractivity (Wildman–Crippen MR) is 117 cm³/mol. The summed E-state index contributed by atoms with van der Waals surface area (Å²) >= 11 is 5.96. The number of anilines is 2. The largest absolute Gasteiger partial charge is 0.416 e. The van der Waals surface area contributed by atoms with Gasteiger partial charge in [-0.1, -0.05) is 11.6 Å². The van der Waals surface area contributed by atoms with Crippen LogP contribution in [0.3, 0.4) is 0 Å². The van der Waals surface area contributed by atoms with E-state index in [0.717, 1.165) is 61.9 Å². The number of carbonyl (C=O) groups is 1. The molecule has 0 aliphatic heterocycles. The van der Waals surface area contributed by atoms with Gasteiger partial charge in [0.25, 0.3) is 5.91 Å². The Morgan fingerprint density at radius 2 is 1.87 bits per heavy atom. The van der Waals surface area contributed by atoms with E-state index in [-0.39, 0.29) is 16.6 Å². The van der Waals surface area contributed by atoms with Gasteiger partial charge in [0.15, 0.2) is 0 Å². The number of halogens is 4. The molecule has 5 nitrogen and oxygen atoms in total. The molecular formula is C22H26ClF3N4O. The lowest BCUT2D eigenvalue weighted by molar-refractivity contribution is -0.137. The summed E-state index contributed by atoms with van der Waals surface area (Å²) in [4.78, 5) is 18.8. The number of benzene rings is 1. The van der Waals surface area contributed by atoms with Crippen molar-refractivity contribution in [2.45, 2.75) is 37.9 Å². The van der Waals surface area contributed by atoms with Crippen LogP contribution >= 0.6 is 11.6 Å². The van der Waals surface area contributed by atoms with E-state index in [2.05, 4.69) is 15.6 Å². The zero-order valence-corrected chi connectivity index (χ0v) is 18.2. The summed E-state index contributed by atoms with van der Waals surface area (Å²) in [5.74, 6) is 0.784. The highest BCUT2D eigenvalue weighted by Crippen LogP contribution is 2.32. The molecular weight excluding hydrogens is 429 g/mol. The highest BCUT2D eigenvalue weighted by Gasteiger charge is 2.32. The van der Waals surface area contributed by atoms with Crippen LogP contribution in [0.4, 0.5) is 24.7 Å². The number of alkyl halides is 3. The summed E-state index contributed by atoms with van der Waals surface area (Å²) in [6.07, 6.45) is 0.654. The maximum atomic E-state index is 12.9. The fraction of sp³-hybridized carbons (Fsp3) is 0.455. The topological polar surface area (TPSA) is 57.3 Å². The smallest absolute Gasteiger partial charge is 0.384 e. The van der Waals surface area contributed by atoms with E-state index in [0.29, 0.717) is 5.92 Å². The van der Waals surface area contributed by atoms with Crippen molar-refractivity contribution < 1.29 is 18.0 Å². The number of rotatable bonds is 6. The van der Waals surface area contributed by atoms with Gasteiger partial charge >= 0.3 is 6.18 Å². The van der Waals surface area contributed by atoms with E-state index in [1.807, 2.05) is 31.1 Å². The molecule has 1 amide bonds. The second-order valence-electron chi connectivity index (χ2n) is 8.06. The number of hydrogen-bond donors (Lipinski definition) is 2. The van der Waals surface area contributed by atoms with Crippen molar-refractivity contribution in [2.24, 2.45) is 5.92 Å². The second-order valence-corrected chi connectivity index (χ2v) is 8.47. The van der Waals surface area contributed by atoms with Gasteiger partial charge in [-0.2, -0.15) is 13.2 Å². The summed E-state index contributed by atoms with van der Waals surface area (Å²) < 4.78 is 38.8. The van der Waals surface area contributed by atoms with Crippen molar-refractivity contribution in [3.8, 4) is 0 Å². The Bertz CT molecular complexity index is 895. The molecule has 3 rings (SSSR count). The minimum Gasteiger partial charge on any atom is -0.384 e. The molecule has 9 heteroatoms. The van der Waals surface area contributed by atoms with Crippen molar-refractivity contribution in [2.75, 3.05) is 30.9 Å². The number of carbonyl (C=O) groups excluding carboxylic acids is 1. The highest BCUT2D eigenvalue weighted by atomic mass is 35.5. The van der Waals surface area contributed by atoms with Crippen LogP contribution in [0.25, 0.3) is 0 Å². The van der Waals surface area contributed by atoms with Gasteiger partial charge in [-0.05, 0) is 61.9 Å². The lowest BCUT2D eigenvalue weighted by Crippen LogP contribution is -2.38. The highest BCUT2D eigenvalue weighted by molar-refractivity contribution is 6.33. The number of nitrogens with one attached hydrogen (secondary N) is 2. The van der Waals surface area contributed by atoms with Gasteiger partial charge in [-0.3, -0.25) is 4.79 Å². The van der Waals surface area contributed by atoms with Crippen LogP contribution in [-0.2, 0) is 6.18 Å². The molecule has 168 valence electrons. The minimum absolute atomic E-state index is 0.0114. The van der Waals surface area contributed by atoms with E-state index in [1.165, 1.54) is 0 Å². The molecule has 0 atom stereocenters. The van der Waals surface area contributed by atoms with Crippen LogP contribution in [-0.4, -0.2) is 37.6 Å². The number of hydrogen-bond acceptors (Lipinski definition) is 4. The summed E-state index contributed by atoms with van der Waals surface area (Å²) in [6.45, 7) is 0.809. The molecule has 0 radical (unpaired) electrons. The Balaban J connectivity index is 1.48. The number of aromatic nitrogens is 1. The van der Waals surface area contributed by atoms with E-state index in [1.54, 1.807) is 6.20 Å². The van der Waals surface area contributed by atoms with E-state index >= 15 is 0 Å². The first kappa shape index (κ1) is 23.2. The lowest BCUT2D eigenvalue weighted by Gasteiger charge is -2.29. The lowest BCUT2D eigenvalue weighted by atomic mass is 9.86. The molecule has 0 bridgehead atoms. The molecule has 1 aliphatic rings. The SMILES string of the molecule is CN(C)c1ccc(NCC2CCC(NC(=O)c3cc(C(F)(F)F)ccc3Cl)CC2)cn1. The standard InChI is InChI=1S/C22H26ClF3N4O/c1-30(2)20-10-8-17(13-28-20)27-12-14-3-6-16(7-4-14)29-21(31)18-11-15(22(24,25)26)5-9-19(18)23/h5,8-11,13-14,16,27H,3-4,6-7,12H2,1-2H3,(H,29,31). The third-order valence-corrected chi connectivity index (χ3v) is 5.85. The third kappa shape index (κ3) is 6.26. The van der Waals surface area contributed by atoms with Crippen molar-refractivity contribution in [1.82, 2.24) is 10.3 Å². The number of pyridine rings is 1. The Labute approximate surface area is 185 Å². The maximum absolute atomic E-state index is 12.9. The molecule has 1 saturated carbocycles. The van der Waals surface area contributed by atoms with Gasteiger partial charge in [0, 0.05) is 26.7 Å². The second kappa shape index (κ2) is 9.77. The average molecular weight is 455 g/mol. The molecule has 1 heterocycles. The van der Waals surface area contributed by atoms with Crippen LogP contribution in [0, 0.1) is 5.92 Å². The molecule has 1 aromatic heterocycles. The van der Waals surface area contributed by atoms with Gasteiger partial charge < -0.3 is 15.5 Å². The van der Waals surface area contributed by atoms with Gasteiger partial charge in [-0.15, -0.1) is 0 Å². The Hall–Kier alpha value is -2.48. The number of nitrogens with zero attached hydrogens (tertiary/aromatic N) is 2.